The molecule has 3 rings (SSSR count). The van der Waals surface area contributed by atoms with Gasteiger partial charge in [-0.05, 0) is 79.6 Å². The van der Waals surface area contributed by atoms with Crippen molar-refractivity contribution >= 4 is 5.97 Å². The standard InChI is InChI=1S/C41H64O4/c1-3-5-7-9-10-11-12-13-15-17-33-43-38-27-25-37(26-28-38)41(42)45-40-31-29-39(30-32-40)44-34-18-20-36-23-21-35(22-24-36)19-16-14-8-6-4-2/h25-32,35-36H,3-24,33-34H2,1-2H3/t35-,36-. The quantitative estimate of drug-likeness (QED) is 0.0629. The number of hydrogen-bond acceptors (Lipinski definition) is 4. The molecule has 4 heteroatoms. The summed E-state index contributed by atoms with van der Waals surface area (Å²) in [5.74, 6) is 3.63. The van der Waals surface area contributed by atoms with E-state index in [1.54, 1.807) is 24.3 Å². The Labute approximate surface area is 276 Å². The lowest BCUT2D eigenvalue weighted by atomic mass is 9.78. The van der Waals surface area contributed by atoms with Gasteiger partial charge in [0, 0.05) is 0 Å². The fourth-order valence-electron chi connectivity index (χ4n) is 6.64. The predicted octanol–water partition coefficient (Wildman–Crippen LogP) is 12.5. The van der Waals surface area contributed by atoms with Crippen molar-refractivity contribution in [2.24, 2.45) is 11.8 Å². The minimum absolute atomic E-state index is 0.365. The first-order valence-electron chi connectivity index (χ1n) is 18.9. The number of unbranched alkanes of at least 4 members (excludes halogenated alkanes) is 13. The molecule has 1 aliphatic rings. The van der Waals surface area contributed by atoms with Crippen molar-refractivity contribution in [3.8, 4) is 17.2 Å². The lowest BCUT2D eigenvalue weighted by Crippen LogP contribution is -2.15. The van der Waals surface area contributed by atoms with Crippen molar-refractivity contribution in [3.63, 3.8) is 0 Å². The van der Waals surface area contributed by atoms with Gasteiger partial charge in [0.2, 0.25) is 0 Å². The number of benzene rings is 2. The van der Waals surface area contributed by atoms with Crippen molar-refractivity contribution in [1.29, 1.82) is 0 Å². The highest BCUT2D eigenvalue weighted by Crippen LogP contribution is 2.34. The Balaban J connectivity index is 1.21. The summed E-state index contributed by atoms with van der Waals surface area (Å²) in [4.78, 5) is 12.6. The Morgan fingerprint density at radius 3 is 1.44 bits per heavy atom. The topological polar surface area (TPSA) is 44.8 Å². The molecule has 0 N–H and O–H groups in total. The third-order valence-corrected chi connectivity index (χ3v) is 9.60. The zero-order valence-corrected chi connectivity index (χ0v) is 28.9. The number of carbonyl (C=O) groups is 1. The molecular formula is C41H64O4. The summed E-state index contributed by atoms with van der Waals surface area (Å²) in [6.45, 7) is 6.01. The van der Waals surface area contributed by atoms with Crippen LogP contribution < -0.4 is 14.2 Å². The molecule has 0 atom stereocenters. The first kappa shape index (κ1) is 37.0. The Bertz CT molecular complexity index is 991. The maximum absolute atomic E-state index is 12.6. The molecule has 0 unspecified atom stereocenters. The molecule has 1 fully saturated rings. The van der Waals surface area contributed by atoms with Gasteiger partial charge in [-0.1, -0.05) is 136 Å². The molecule has 2 aromatic rings. The van der Waals surface area contributed by atoms with E-state index in [2.05, 4.69) is 13.8 Å². The van der Waals surface area contributed by atoms with Gasteiger partial charge in [-0.25, -0.2) is 4.79 Å². The number of hydrogen-bond donors (Lipinski definition) is 0. The highest BCUT2D eigenvalue weighted by atomic mass is 16.5. The maximum atomic E-state index is 12.6. The molecule has 252 valence electrons. The molecule has 0 heterocycles. The first-order chi connectivity index (χ1) is 22.2. The van der Waals surface area contributed by atoms with E-state index in [1.807, 2.05) is 24.3 Å². The zero-order chi connectivity index (χ0) is 31.8. The second-order valence-electron chi connectivity index (χ2n) is 13.5. The first-order valence-corrected chi connectivity index (χ1v) is 18.9. The zero-order valence-electron chi connectivity index (χ0n) is 28.9. The van der Waals surface area contributed by atoms with E-state index < -0.39 is 0 Å². The largest absolute Gasteiger partial charge is 0.494 e. The second kappa shape index (κ2) is 23.8. The summed E-state index contributed by atoms with van der Waals surface area (Å²) in [6, 6.07) is 14.6. The molecule has 1 aliphatic carbocycles. The van der Waals surface area contributed by atoms with Crippen molar-refractivity contribution in [2.75, 3.05) is 13.2 Å². The second-order valence-corrected chi connectivity index (χ2v) is 13.5. The molecule has 2 aromatic carbocycles. The van der Waals surface area contributed by atoms with Crippen LogP contribution >= 0.6 is 0 Å². The molecule has 0 radical (unpaired) electrons. The van der Waals surface area contributed by atoms with Gasteiger partial charge in [-0.3, -0.25) is 0 Å². The van der Waals surface area contributed by atoms with Gasteiger partial charge < -0.3 is 14.2 Å². The predicted molar refractivity (Wildman–Crippen MR) is 189 cm³/mol. The van der Waals surface area contributed by atoms with Crippen LogP contribution in [0.1, 0.15) is 165 Å². The van der Waals surface area contributed by atoms with Crippen LogP contribution in [0.3, 0.4) is 0 Å². The van der Waals surface area contributed by atoms with Crippen LogP contribution in [0.5, 0.6) is 17.2 Å². The van der Waals surface area contributed by atoms with Gasteiger partial charge in [0.15, 0.2) is 0 Å². The van der Waals surface area contributed by atoms with Crippen LogP contribution in [0.4, 0.5) is 0 Å². The highest BCUT2D eigenvalue weighted by molar-refractivity contribution is 5.91. The number of rotatable bonds is 25. The normalized spacial score (nSPS) is 16.4. The monoisotopic (exact) mass is 620 g/mol. The van der Waals surface area contributed by atoms with Crippen LogP contribution in [0.2, 0.25) is 0 Å². The third kappa shape index (κ3) is 16.6. The van der Waals surface area contributed by atoms with E-state index in [4.69, 9.17) is 14.2 Å². The fourth-order valence-corrected chi connectivity index (χ4v) is 6.64. The van der Waals surface area contributed by atoms with E-state index in [-0.39, 0.29) is 5.97 Å². The van der Waals surface area contributed by atoms with Crippen molar-refractivity contribution in [1.82, 2.24) is 0 Å². The summed E-state index contributed by atoms with van der Waals surface area (Å²) in [6.07, 6.45) is 29.6. The molecule has 4 nitrogen and oxygen atoms in total. The van der Waals surface area contributed by atoms with E-state index in [0.29, 0.717) is 11.3 Å². The van der Waals surface area contributed by atoms with E-state index >= 15 is 0 Å². The molecule has 1 saturated carbocycles. The minimum atomic E-state index is -0.365. The molecule has 0 amide bonds. The smallest absolute Gasteiger partial charge is 0.343 e. The average molecular weight is 621 g/mol. The fraction of sp³-hybridized carbons (Fsp3) is 0.683. The summed E-state index contributed by atoms with van der Waals surface area (Å²) in [5, 5.41) is 0. The summed E-state index contributed by atoms with van der Waals surface area (Å²) in [7, 11) is 0. The molecule has 0 aliphatic heterocycles. The lowest BCUT2D eigenvalue weighted by Gasteiger charge is -2.28. The number of ether oxygens (including phenoxy) is 3. The van der Waals surface area contributed by atoms with Crippen LogP contribution in [-0.4, -0.2) is 19.2 Å². The number of esters is 1. The molecular weight excluding hydrogens is 556 g/mol. The Morgan fingerprint density at radius 1 is 0.511 bits per heavy atom. The van der Waals surface area contributed by atoms with E-state index in [0.717, 1.165) is 49.4 Å². The van der Waals surface area contributed by atoms with E-state index in [9.17, 15) is 4.79 Å². The van der Waals surface area contributed by atoms with Crippen molar-refractivity contribution in [3.05, 3.63) is 54.1 Å². The van der Waals surface area contributed by atoms with Crippen molar-refractivity contribution < 1.29 is 19.0 Å². The van der Waals surface area contributed by atoms with Crippen LogP contribution in [0.25, 0.3) is 0 Å². The van der Waals surface area contributed by atoms with E-state index in [1.165, 1.54) is 128 Å². The Kier molecular flexibility index (Phi) is 19.5. The minimum Gasteiger partial charge on any atom is -0.494 e. The third-order valence-electron chi connectivity index (χ3n) is 9.60. The van der Waals surface area contributed by atoms with Gasteiger partial charge in [0.1, 0.15) is 17.2 Å². The van der Waals surface area contributed by atoms with Crippen LogP contribution in [0.15, 0.2) is 48.5 Å². The van der Waals surface area contributed by atoms with Gasteiger partial charge in [0.05, 0.1) is 18.8 Å². The average Bonchev–Trinajstić information content (AvgIpc) is 3.07. The van der Waals surface area contributed by atoms with Crippen molar-refractivity contribution in [2.45, 2.75) is 155 Å². The van der Waals surface area contributed by atoms with Gasteiger partial charge >= 0.3 is 5.97 Å². The lowest BCUT2D eigenvalue weighted by molar-refractivity contribution is 0.0734. The Morgan fingerprint density at radius 2 is 0.911 bits per heavy atom. The summed E-state index contributed by atoms with van der Waals surface area (Å²) in [5.41, 5.74) is 0.516. The van der Waals surface area contributed by atoms with Gasteiger partial charge in [-0.15, -0.1) is 0 Å². The molecule has 0 saturated heterocycles. The molecule has 0 spiro atoms. The number of carbonyl (C=O) groups excluding carboxylic acids is 1. The van der Waals surface area contributed by atoms with Gasteiger partial charge in [-0.2, -0.15) is 0 Å². The Hall–Kier alpha value is -2.49. The maximum Gasteiger partial charge on any atom is 0.343 e. The molecule has 0 bridgehead atoms. The molecule has 45 heavy (non-hydrogen) atoms. The highest BCUT2D eigenvalue weighted by Gasteiger charge is 2.20. The SMILES string of the molecule is CCCCCCCCCCCCOc1ccc(C(=O)Oc2ccc(OCCC[C@H]3CC[C@H](CCCCCCC)CC3)cc2)cc1. The molecule has 0 aromatic heterocycles. The summed E-state index contributed by atoms with van der Waals surface area (Å²) >= 11 is 0. The van der Waals surface area contributed by atoms with Crippen LogP contribution in [0, 0.1) is 11.8 Å². The van der Waals surface area contributed by atoms with Crippen LogP contribution in [-0.2, 0) is 0 Å². The summed E-state index contributed by atoms with van der Waals surface area (Å²) < 4.78 is 17.5. The van der Waals surface area contributed by atoms with Gasteiger partial charge in [0.25, 0.3) is 0 Å².